The maximum absolute atomic E-state index is 12.0. The van der Waals surface area contributed by atoms with Crippen LogP contribution in [-0.2, 0) is 39.9 Å². The van der Waals surface area contributed by atoms with Gasteiger partial charge in [-0.3, -0.25) is 16.5 Å². The predicted molar refractivity (Wildman–Crippen MR) is 125 cm³/mol. The molecule has 0 bridgehead atoms. The Hall–Kier alpha value is -3.67. The molecule has 40 heavy (non-hydrogen) atoms. The number of carboxylic acid groups (broad SMARTS) is 2. The van der Waals surface area contributed by atoms with E-state index < -0.39 is 36.4 Å². The van der Waals surface area contributed by atoms with Crippen molar-refractivity contribution < 1.29 is 66.4 Å². The van der Waals surface area contributed by atoms with Gasteiger partial charge >= 0.3 is 24.2 Å². The van der Waals surface area contributed by atoms with E-state index in [4.69, 9.17) is 45.1 Å². The molecule has 2 aliphatic heterocycles. The second kappa shape index (κ2) is 15.8. The average Bonchev–Trinajstić information content (AvgIpc) is 3.48. The molecule has 0 saturated carbocycles. The van der Waals surface area contributed by atoms with Gasteiger partial charge in [0.05, 0.1) is 33.0 Å². The summed E-state index contributed by atoms with van der Waals surface area (Å²) in [6, 6.07) is 7.79. The number of nitrogens with two attached hydrogens (primary N) is 2. The number of carbonyl (C=O) groups excluding carboxylic acids is 2. The summed E-state index contributed by atoms with van der Waals surface area (Å²) in [5.74, 6) is -4.08. The minimum absolute atomic E-state index is 0.0310. The van der Waals surface area contributed by atoms with Gasteiger partial charge in [-0.05, 0) is 5.56 Å². The third-order valence-corrected chi connectivity index (χ3v) is 5.46. The molecule has 224 valence electrons. The van der Waals surface area contributed by atoms with Crippen molar-refractivity contribution in [3.05, 3.63) is 35.9 Å². The van der Waals surface area contributed by atoms with Gasteiger partial charge in [-0.25, -0.2) is 9.59 Å². The van der Waals surface area contributed by atoms with Gasteiger partial charge in [-0.15, -0.1) is 0 Å². The summed E-state index contributed by atoms with van der Waals surface area (Å²) in [4.78, 5) is 35.1. The van der Waals surface area contributed by atoms with Crippen LogP contribution in [0.5, 0.6) is 0 Å². The first kappa shape index (κ1) is 32.5. The maximum Gasteiger partial charge on any atom is 0.430 e. The number of guanidine groups is 1. The molecular weight excluding hydrogens is 549 g/mol. The Balaban J connectivity index is 0.000000708. The first-order chi connectivity index (χ1) is 18.9. The smallest absolute Gasteiger partial charge is 0.430 e. The lowest BCUT2D eigenvalue weighted by Crippen LogP contribution is -2.78. The van der Waals surface area contributed by atoms with Crippen LogP contribution >= 0.6 is 0 Å². The highest BCUT2D eigenvalue weighted by molar-refractivity contribution is 5.80. The number of alkyl carbamates (subject to hydrolysis) is 1. The van der Waals surface area contributed by atoms with E-state index in [2.05, 4.69) is 10.3 Å². The van der Waals surface area contributed by atoms with Crippen molar-refractivity contribution in [2.75, 3.05) is 33.0 Å². The van der Waals surface area contributed by atoms with Crippen molar-refractivity contribution in [2.24, 2.45) is 11.5 Å². The first-order valence-electron chi connectivity index (χ1n) is 11.9. The molecule has 0 aromatic heterocycles. The van der Waals surface area contributed by atoms with Crippen molar-refractivity contribution in [1.82, 2.24) is 5.32 Å². The number of carbonyl (C=O) groups is 3. The molecule has 7 N–H and O–H groups in total. The molecule has 5 atom stereocenters. The molecule has 0 unspecified atom stereocenters. The monoisotopic (exact) mass is 580 g/mol. The van der Waals surface area contributed by atoms with Crippen molar-refractivity contribution >= 4 is 24.0 Å². The summed E-state index contributed by atoms with van der Waals surface area (Å²) in [7, 11) is 0. The summed E-state index contributed by atoms with van der Waals surface area (Å²) in [5.41, 5.74) is 11.5. The van der Waals surface area contributed by atoms with Crippen LogP contribution in [-0.4, -0.2) is 98.7 Å². The lowest BCUT2D eigenvalue weighted by atomic mass is 10.1. The fourth-order valence-electron chi connectivity index (χ4n) is 3.56. The van der Waals surface area contributed by atoms with Gasteiger partial charge in [0, 0.05) is 6.42 Å². The SMILES string of the molecule is NC(N)=[NH+]CCCO[C@H]1CO[C@H]2[C@@H]1OC[C@H]2OC[C@H](NC(=O)OCc1ccccc1)C(=O)O.O=C([O-])C(F)(F)F. The van der Waals surface area contributed by atoms with Crippen molar-refractivity contribution in [2.45, 2.75) is 49.7 Å². The van der Waals surface area contributed by atoms with E-state index in [0.29, 0.717) is 26.2 Å². The van der Waals surface area contributed by atoms with Crippen LogP contribution in [0, 0.1) is 0 Å². The molecule has 0 spiro atoms. The van der Waals surface area contributed by atoms with Gasteiger partial charge in [-0.2, -0.15) is 13.2 Å². The third kappa shape index (κ3) is 11.2. The van der Waals surface area contributed by atoms with Gasteiger partial charge in [0.25, 0.3) is 0 Å². The molecule has 1 aromatic rings. The predicted octanol–water partition coefficient (Wildman–Crippen LogP) is -3.02. The Morgan fingerprint density at radius 1 is 1.10 bits per heavy atom. The summed E-state index contributed by atoms with van der Waals surface area (Å²) in [6.07, 6.45) is -6.73. The Morgan fingerprint density at radius 3 is 2.20 bits per heavy atom. The summed E-state index contributed by atoms with van der Waals surface area (Å²) < 4.78 is 59.7. The molecule has 2 saturated heterocycles. The molecule has 3 rings (SSSR count). The number of nitrogens with one attached hydrogen (secondary N) is 2. The van der Waals surface area contributed by atoms with E-state index in [1.165, 1.54) is 0 Å². The van der Waals surface area contributed by atoms with Crippen molar-refractivity contribution in [3.8, 4) is 0 Å². The molecule has 17 heteroatoms. The normalized spacial score (nSPS) is 22.3. The Bertz CT molecular complexity index is 995. The highest BCUT2D eigenvalue weighted by Gasteiger charge is 2.49. The summed E-state index contributed by atoms with van der Waals surface area (Å²) in [5, 5.41) is 20.5. The quantitative estimate of drug-likeness (QED) is 0.0948. The van der Waals surface area contributed by atoms with Gasteiger partial charge < -0.3 is 44.0 Å². The second-order valence-corrected chi connectivity index (χ2v) is 8.49. The molecule has 2 heterocycles. The second-order valence-electron chi connectivity index (χ2n) is 8.49. The van der Waals surface area contributed by atoms with Gasteiger partial charge in [0.2, 0.25) is 0 Å². The zero-order valence-corrected chi connectivity index (χ0v) is 21.1. The third-order valence-electron chi connectivity index (χ3n) is 5.46. The van der Waals surface area contributed by atoms with E-state index in [0.717, 1.165) is 5.56 Å². The van der Waals surface area contributed by atoms with E-state index >= 15 is 0 Å². The molecule has 0 radical (unpaired) electrons. The number of alkyl halides is 3. The van der Waals surface area contributed by atoms with Crippen LogP contribution in [0.25, 0.3) is 0 Å². The number of amides is 1. The number of aliphatic carboxylic acids is 2. The molecular formula is C23H31F3N4O10. The minimum Gasteiger partial charge on any atom is -0.542 e. The Kier molecular flexibility index (Phi) is 12.9. The van der Waals surface area contributed by atoms with Gasteiger partial charge in [0.15, 0.2) is 6.04 Å². The highest BCUT2D eigenvalue weighted by atomic mass is 19.4. The van der Waals surface area contributed by atoms with Gasteiger partial charge in [-0.1, -0.05) is 30.3 Å². The Labute approximate surface area is 226 Å². The van der Waals surface area contributed by atoms with Crippen LogP contribution in [0.4, 0.5) is 18.0 Å². The van der Waals surface area contributed by atoms with Gasteiger partial charge in [0.1, 0.15) is 37.0 Å². The zero-order chi connectivity index (χ0) is 29.7. The lowest BCUT2D eigenvalue weighted by molar-refractivity contribution is -0.460. The minimum atomic E-state index is -5.19. The topological polar surface area (TPSA) is 219 Å². The van der Waals surface area contributed by atoms with E-state index in [1.807, 2.05) is 18.2 Å². The summed E-state index contributed by atoms with van der Waals surface area (Å²) >= 11 is 0. The molecule has 14 nitrogen and oxygen atoms in total. The number of carboxylic acids is 2. The molecule has 2 fully saturated rings. The fraction of sp³-hybridized carbons (Fsp3) is 0.565. The van der Waals surface area contributed by atoms with E-state index in [9.17, 15) is 27.9 Å². The lowest BCUT2D eigenvalue weighted by Gasteiger charge is -2.20. The number of hydrogen-bond donors (Lipinski definition) is 5. The highest BCUT2D eigenvalue weighted by Crippen LogP contribution is 2.30. The average molecular weight is 581 g/mol. The first-order valence-corrected chi connectivity index (χ1v) is 11.9. The molecule has 0 aliphatic carbocycles. The zero-order valence-electron chi connectivity index (χ0n) is 21.1. The molecule has 2 aliphatic rings. The summed E-state index contributed by atoms with van der Waals surface area (Å²) in [6.45, 7) is 1.42. The maximum atomic E-state index is 12.0. The number of rotatable bonds is 12. The standard InChI is InChI=1S/C21H30N4O8.C2HF3O2/c22-20(23)24-7-4-8-29-15-11-31-18-16(12-32-17(15)18)30-10-14(19(26)27)25-21(28)33-9-13-5-2-1-3-6-13;3-2(4,5)1(6)7/h1-3,5-6,14-18H,4,7-12H2,(H,25,28)(H,26,27)(H4,22,23,24);(H,6,7)/t14-,15-,16+,17+,18+;/m0./s1. The van der Waals surface area contributed by atoms with Crippen LogP contribution in [0.3, 0.4) is 0 Å². The van der Waals surface area contributed by atoms with Crippen molar-refractivity contribution in [3.63, 3.8) is 0 Å². The molecule has 1 amide bonds. The van der Waals surface area contributed by atoms with Crippen LogP contribution in [0.2, 0.25) is 0 Å². The largest absolute Gasteiger partial charge is 0.542 e. The number of benzene rings is 1. The Morgan fingerprint density at radius 2 is 1.68 bits per heavy atom. The molecule has 1 aromatic carbocycles. The fourth-order valence-corrected chi connectivity index (χ4v) is 3.56. The number of halogens is 3. The van der Waals surface area contributed by atoms with Crippen LogP contribution < -0.4 is 26.9 Å². The van der Waals surface area contributed by atoms with E-state index in [-0.39, 0.29) is 44.1 Å². The number of ether oxygens (including phenoxy) is 5. The number of fused-ring (bicyclic) bond motifs is 1. The number of hydrogen-bond acceptors (Lipinski definition) is 9. The van der Waals surface area contributed by atoms with Crippen LogP contribution in [0.1, 0.15) is 12.0 Å². The van der Waals surface area contributed by atoms with E-state index in [1.54, 1.807) is 12.1 Å². The van der Waals surface area contributed by atoms with Crippen molar-refractivity contribution in [1.29, 1.82) is 0 Å². The van der Waals surface area contributed by atoms with Crippen LogP contribution in [0.15, 0.2) is 30.3 Å².